The maximum absolute atomic E-state index is 8.27. The van der Waals surface area contributed by atoms with Crippen molar-refractivity contribution in [1.29, 1.82) is 0 Å². The van der Waals surface area contributed by atoms with E-state index in [4.69, 9.17) is 10.1 Å². The Hall–Kier alpha value is -0.0951. The van der Waals surface area contributed by atoms with E-state index in [2.05, 4.69) is 9.97 Å². The molecule has 0 aliphatic heterocycles. The summed E-state index contributed by atoms with van der Waals surface area (Å²) in [4.78, 5) is 0. The van der Waals surface area contributed by atoms with Gasteiger partial charge in [-0.1, -0.05) is 0 Å². The first kappa shape index (κ1) is 8.90. The molecule has 3 N–H and O–H groups in total. The lowest BCUT2D eigenvalue weighted by atomic mass is 10.4. The molecular formula is C4H12BNO3. The van der Waals surface area contributed by atoms with Crippen LogP contribution in [0.5, 0.6) is 0 Å². The maximum atomic E-state index is 8.27. The summed E-state index contributed by atoms with van der Waals surface area (Å²) in [6, 6.07) is 0. The molecule has 0 aromatic heterocycles. The van der Waals surface area contributed by atoms with E-state index in [1.165, 1.54) is 0 Å². The van der Waals surface area contributed by atoms with Gasteiger partial charge in [0.25, 0.3) is 0 Å². The van der Waals surface area contributed by atoms with Crippen LogP contribution in [0.25, 0.3) is 0 Å². The molecule has 0 aromatic rings. The largest absolute Gasteiger partial charge is 0.435 e. The Kier molecular flexibility index (Phi) is 7.82. The lowest BCUT2D eigenvalue weighted by molar-refractivity contribution is 0.264. The molecule has 0 amide bonds. The van der Waals surface area contributed by atoms with Gasteiger partial charge >= 0.3 is 7.69 Å². The maximum Gasteiger partial charge on any atom is 0.435 e. The molecule has 0 fully saturated rings. The molecule has 0 aliphatic carbocycles. The zero-order chi connectivity index (χ0) is 6.95. The lowest BCUT2D eigenvalue weighted by Gasteiger charge is -2.00. The van der Waals surface area contributed by atoms with Gasteiger partial charge < -0.3 is 20.1 Å². The van der Waals surface area contributed by atoms with E-state index < -0.39 is 0 Å². The molecule has 0 bridgehead atoms. The van der Waals surface area contributed by atoms with Gasteiger partial charge in [0, 0.05) is 19.7 Å². The van der Waals surface area contributed by atoms with Crippen LogP contribution in [-0.2, 0) is 4.65 Å². The predicted molar refractivity (Wildman–Crippen MR) is 35.3 cm³/mol. The second-order valence-electron chi connectivity index (χ2n) is 1.51. The molecule has 0 radical (unpaired) electrons. The van der Waals surface area contributed by atoms with Crippen molar-refractivity contribution in [1.82, 2.24) is 5.32 Å². The quantitative estimate of drug-likeness (QED) is 0.285. The van der Waals surface area contributed by atoms with Gasteiger partial charge in [-0.05, 0) is 0 Å². The molecule has 0 spiro atoms. The van der Waals surface area contributed by atoms with Gasteiger partial charge in [-0.15, -0.1) is 0 Å². The number of nitrogens with one attached hydrogen (secondary N) is 1. The lowest BCUT2D eigenvalue weighted by Crippen LogP contribution is -2.23. The van der Waals surface area contributed by atoms with Crippen molar-refractivity contribution < 1.29 is 14.8 Å². The van der Waals surface area contributed by atoms with Crippen LogP contribution < -0.4 is 5.32 Å². The van der Waals surface area contributed by atoms with Crippen molar-refractivity contribution in [3.63, 3.8) is 0 Å². The van der Waals surface area contributed by atoms with E-state index in [1.807, 2.05) is 0 Å². The molecular weight excluding hydrogens is 121 g/mol. The minimum atomic E-state index is -0.235. The molecule has 0 saturated carbocycles. The summed E-state index contributed by atoms with van der Waals surface area (Å²) in [6.45, 7) is 1.87. The van der Waals surface area contributed by atoms with Crippen molar-refractivity contribution in [2.45, 2.75) is 0 Å². The number of hydrogen-bond acceptors (Lipinski definition) is 4. The van der Waals surface area contributed by atoms with Crippen LogP contribution in [0.4, 0.5) is 0 Å². The summed E-state index contributed by atoms with van der Waals surface area (Å²) in [5.74, 6) is 0. The number of aliphatic hydroxyl groups is 1. The fraction of sp³-hybridized carbons (Fsp3) is 1.00. The summed E-state index contributed by atoms with van der Waals surface area (Å²) in [5.41, 5.74) is 0. The van der Waals surface area contributed by atoms with Crippen molar-refractivity contribution in [2.75, 3.05) is 26.3 Å². The zero-order valence-electron chi connectivity index (χ0n) is 5.34. The molecule has 9 heavy (non-hydrogen) atoms. The highest BCUT2D eigenvalue weighted by atomic mass is 16.5. The van der Waals surface area contributed by atoms with Crippen LogP contribution in [0, 0.1) is 0 Å². The van der Waals surface area contributed by atoms with Crippen molar-refractivity contribution in [2.24, 2.45) is 0 Å². The zero-order valence-corrected chi connectivity index (χ0v) is 5.34. The SMILES string of the molecule is OBOCCNCCO. The first-order chi connectivity index (χ1) is 4.41. The number of rotatable bonds is 6. The summed E-state index contributed by atoms with van der Waals surface area (Å²) >= 11 is 0. The fourth-order valence-electron chi connectivity index (χ4n) is 0.413. The molecule has 0 unspecified atom stereocenters. The highest BCUT2D eigenvalue weighted by molar-refractivity contribution is 6.15. The molecule has 54 valence electrons. The van der Waals surface area contributed by atoms with E-state index in [-0.39, 0.29) is 14.3 Å². The normalized spacial score (nSPS) is 9.56. The first-order valence-corrected chi connectivity index (χ1v) is 2.92. The standard InChI is InChI=1S/C4H12BNO3/c7-3-1-6-2-4-9-5-8/h5-8H,1-4H2. The topological polar surface area (TPSA) is 61.7 Å². The van der Waals surface area contributed by atoms with Crippen LogP contribution >= 0.6 is 0 Å². The van der Waals surface area contributed by atoms with E-state index in [0.717, 1.165) is 0 Å². The van der Waals surface area contributed by atoms with Crippen LogP contribution in [0.3, 0.4) is 0 Å². The molecule has 0 heterocycles. The minimum Gasteiger partial charge on any atom is -0.430 e. The Bertz CT molecular complexity index is 49.1. The van der Waals surface area contributed by atoms with Crippen LogP contribution in [0.2, 0.25) is 0 Å². The molecule has 0 aromatic carbocycles. The van der Waals surface area contributed by atoms with E-state index in [9.17, 15) is 0 Å². The Morgan fingerprint density at radius 3 is 2.78 bits per heavy atom. The second kappa shape index (κ2) is 7.90. The van der Waals surface area contributed by atoms with E-state index in [0.29, 0.717) is 19.7 Å². The average molecular weight is 133 g/mol. The molecule has 0 saturated heterocycles. The summed E-state index contributed by atoms with van der Waals surface area (Å²) in [5, 5.41) is 19.3. The second-order valence-corrected chi connectivity index (χ2v) is 1.51. The van der Waals surface area contributed by atoms with Crippen LogP contribution in [0.15, 0.2) is 0 Å². The van der Waals surface area contributed by atoms with Gasteiger partial charge in [0.2, 0.25) is 0 Å². The van der Waals surface area contributed by atoms with Crippen LogP contribution in [0.1, 0.15) is 0 Å². The Morgan fingerprint density at radius 1 is 1.44 bits per heavy atom. The third-order valence-corrected chi connectivity index (χ3v) is 0.803. The Morgan fingerprint density at radius 2 is 2.22 bits per heavy atom. The summed E-state index contributed by atoms with van der Waals surface area (Å²) in [7, 11) is -0.235. The molecule has 0 rings (SSSR count). The van der Waals surface area contributed by atoms with Crippen molar-refractivity contribution >= 4 is 7.69 Å². The van der Waals surface area contributed by atoms with E-state index in [1.54, 1.807) is 0 Å². The first-order valence-electron chi connectivity index (χ1n) is 2.92. The van der Waals surface area contributed by atoms with Crippen molar-refractivity contribution in [3.8, 4) is 0 Å². The number of aliphatic hydroxyl groups excluding tert-OH is 1. The molecule has 4 nitrogen and oxygen atoms in total. The average Bonchev–Trinajstić information content (AvgIpc) is 1.89. The highest BCUT2D eigenvalue weighted by Crippen LogP contribution is 1.64. The number of hydrogen-bond donors (Lipinski definition) is 3. The fourth-order valence-corrected chi connectivity index (χ4v) is 0.413. The third-order valence-electron chi connectivity index (χ3n) is 0.803. The highest BCUT2D eigenvalue weighted by Gasteiger charge is 1.85. The Balaban J connectivity index is 2.60. The van der Waals surface area contributed by atoms with E-state index >= 15 is 0 Å². The molecule has 0 atom stereocenters. The van der Waals surface area contributed by atoms with Crippen LogP contribution in [-0.4, -0.2) is 44.1 Å². The summed E-state index contributed by atoms with van der Waals surface area (Å²) < 4.78 is 4.59. The molecule has 5 heteroatoms. The van der Waals surface area contributed by atoms with Gasteiger partial charge in [0.05, 0.1) is 6.61 Å². The third kappa shape index (κ3) is 7.90. The predicted octanol–water partition coefficient (Wildman–Crippen LogP) is -2.16. The summed E-state index contributed by atoms with van der Waals surface area (Å²) in [6.07, 6.45) is 0. The van der Waals surface area contributed by atoms with Gasteiger partial charge in [-0.2, -0.15) is 0 Å². The van der Waals surface area contributed by atoms with Gasteiger partial charge in [-0.25, -0.2) is 0 Å². The Labute approximate surface area is 55.1 Å². The minimum absolute atomic E-state index is 0.138. The smallest absolute Gasteiger partial charge is 0.430 e. The van der Waals surface area contributed by atoms with Crippen molar-refractivity contribution in [3.05, 3.63) is 0 Å². The van der Waals surface area contributed by atoms with Gasteiger partial charge in [0.15, 0.2) is 0 Å². The van der Waals surface area contributed by atoms with Gasteiger partial charge in [-0.3, -0.25) is 0 Å². The molecule has 0 aliphatic rings. The van der Waals surface area contributed by atoms with Gasteiger partial charge in [0.1, 0.15) is 0 Å². The monoisotopic (exact) mass is 133 g/mol.